The summed E-state index contributed by atoms with van der Waals surface area (Å²) >= 11 is 6.13. The molecule has 136 valence electrons. The van der Waals surface area contributed by atoms with Crippen LogP contribution < -0.4 is 5.56 Å². The fourth-order valence-electron chi connectivity index (χ4n) is 3.32. The Morgan fingerprint density at radius 3 is 2.81 bits per heavy atom. The first-order valence-corrected chi connectivity index (χ1v) is 8.94. The average molecular weight is 382 g/mol. The molecule has 27 heavy (non-hydrogen) atoms. The zero-order valence-corrected chi connectivity index (χ0v) is 15.3. The first-order chi connectivity index (χ1) is 13.0. The van der Waals surface area contributed by atoms with Crippen LogP contribution in [0.3, 0.4) is 0 Å². The molecule has 0 saturated heterocycles. The summed E-state index contributed by atoms with van der Waals surface area (Å²) in [5.41, 5.74) is 2.21. The molecule has 1 aliphatic rings. The highest BCUT2D eigenvalue weighted by Gasteiger charge is 2.19. The molecule has 0 amide bonds. The maximum absolute atomic E-state index is 13.2. The molecule has 2 heterocycles. The molecule has 0 fully saturated rings. The third kappa shape index (κ3) is 3.02. The predicted molar refractivity (Wildman–Crippen MR) is 105 cm³/mol. The highest BCUT2D eigenvalue weighted by Crippen LogP contribution is 2.30. The van der Waals surface area contributed by atoms with Gasteiger partial charge in [0.05, 0.1) is 22.0 Å². The van der Waals surface area contributed by atoms with Crippen molar-refractivity contribution in [3.63, 3.8) is 0 Å². The maximum atomic E-state index is 13.2. The van der Waals surface area contributed by atoms with E-state index in [1.165, 1.54) is 4.57 Å². The van der Waals surface area contributed by atoms with E-state index in [-0.39, 0.29) is 10.9 Å². The zero-order chi connectivity index (χ0) is 19.1. The quantitative estimate of drug-likeness (QED) is 0.555. The fourth-order valence-corrected chi connectivity index (χ4v) is 3.49. The van der Waals surface area contributed by atoms with Crippen molar-refractivity contribution in [1.29, 1.82) is 0 Å². The van der Waals surface area contributed by atoms with Crippen molar-refractivity contribution in [2.75, 3.05) is 0 Å². The number of carboxylic acid groups (broad SMARTS) is 1. The summed E-state index contributed by atoms with van der Waals surface area (Å²) in [6, 6.07) is 7.30. The van der Waals surface area contributed by atoms with Gasteiger partial charge in [0.25, 0.3) is 5.56 Å². The van der Waals surface area contributed by atoms with Gasteiger partial charge in [0.2, 0.25) is 0 Å². The number of carbonyl (C=O) groups is 1. The van der Waals surface area contributed by atoms with Crippen LogP contribution in [-0.4, -0.2) is 31.0 Å². The number of para-hydroxylation sites is 1. The molecule has 1 atom stereocenters. The Labute approximate surface area is 159 Å². The molecule has 0 spiro atoms. The van der Waals surface area contributed by atoms with Gasteiger partial charge < -0.3 is 5.11 Å². The highest BCUT2D eigenvalue weighted by molar-refractivity contribution is 6.22. The van der Waals surface area contributed by atoms with E-state index in [9.17, 15) is 9.59 Å². The lowest BCUT2D eigenvalue weighted by Crippen LogP contribution is -2.28. The Morgan fingerprint density at radius 2 is 2.11 bits per heavy atom. The topological polar surface area (TPSA) is 85.1 Å². The van der Waals surface area contributed by atoms with Crippen molar-refractivity contribution in [3.8, 4) is 0 Å². The van der Waals surface area contributed by atoms with Gasteiger partial charge in [-0.2, -0.15) is 0 Å². The molecule has 0 radical (unpaired) electrons. The zero-order valence-electron chi connectivity index (χ0n) is 14.5. The highest BCUT2D eigenvalue weighted by atomic mass is 35.5. The number of hydrogen-bond acceptors (Lipinski definition) is 4. The lowest BCUT2D eigenvalue weighted by atomic mass is 10.00. The number of benzene rings is 1. The van der Waals surface area contributed by atoms with E-state index in [0.29, 0.717) is 39.7 Å². The molecular weight excluding hydrogens is 366 g/mol. The number of aliphatic carboxylic acids is 1. The molecule has 6 nitrogen and oxygen atoms in total. The van der Waals surface area contributed by atoms with Crippen LogP contribution >= 0.6 is 11.6 Å². The maximum Gasteiger partial charge on any atom is 0.323 e. The lowest BCUT2D eigenvalue weighted by molar-refractivity contribution is -0.137. The number of fused-ring (bicyclic) bond motifs is 3. The molecule has 3 aromatic rings. The van der Waals surface area contributed by atoms with Crippen LogP contribution in [0.5, 0.6) is 0 Å². The molecule has 0 aliphatic heterocycles. The summed E-state index contributed by atoms with van der Waals surface area (Å²) < 4.78 is 1.18. The van der Waals surface area contributed by atoms with Gasteiger partial charge in [0, 0.05) is 5.39 Å². The van der Waals surface area contributed by atoms with Crippen LogP contribution in [0.25, 0.3) is 27.4 Å². The lowest BCUT2D eigenvalue weighted by Gasteiger charge is -2.15. The van der Waals surface area contributed by atoms with Crippen molar-refractivity contribution >= 4 is 44.9 Å². The van der Waals surface area contributed by atoms with E-state index in [4.69, 9.17) is 21.7 Å². The fraction of sp³-hybridized carbons (Fsp3) is 0.200. The molecule has 1 aliphatic carbocycles. The predicted octanol–water partition coefficient (Wildman–Crippen LogP) is 3.29. The molecule has 4 rings (SSSR count). The van der Waals surface area contributed by atoms with Crippen LogP contribution in [0.4, 0.5) is 0 Å². The van der Waals surface area contributed by atoms with Crippen LogP contribution in [0.15, 0.2) is 47.3 Å². The monoisotopic (exact) mass is 381 g/mol. The molecule has 1 N–H and O–H groups in total. The van der Waals surface area contributed by atoms with Crippen LogP contribution in [0, 0.1) is 6.92 Å². The Kier molecular flexibility index (Phi) is 4.28. The van der Waals surface area contributed by atoms with Gasteiger partial charge in [-0.05, 0) is 25.0 Å². The van der Waals surface area contributed by atoms with E-state index < -0.39 is 12.5 Å². The second-order valence-corrected chi connectivity index (χ2v) is 6.98. The van der Waals surface area contributed by atoms with Crippen molar-refractivity contribution in [1.82, 2.24) is 14.5 Å². The minimum Gasteiger partial charge on any atom is -0.480 e. The Balaban J connectivity index is 2.12. The van der Waals surface area contributed by atoms with E-state index >= 15 is 0 Å². The Hall–Kier alpha value is -2.99. The number of nitrogens with zero attached hydrogens (tertiary/aromatic N) is 3. The summed E-state index contributed by atoms with van der Waals surface area (Å²) in [5, 5.41) is 10.1. The van der Waals surface area contributed by atoms with Gasteiger partial charge in [0.15, 0.2) is 0 Å². The molecule has 1 aromatic carbocycles. The smallest absolute Gasteiger partial charge is 0.323 e. The second kappa shape index (κ2) is 6.63. The largest absolute Gasteiger partial charge is 0.480 e. The number of rotatable bonds is 3. The minimum absolute atomic E-state index is 0.0667. The van der Waals surface area contributed by atoms with Crippen molar-refractivity contribution in [2.24, 2.45) is 0 Å². The number of allylic oxidation sites excluding steroid dienone is 4. The second-order valence-electron chi connectivity index (χ2n) is 6.42. The van der Waals surface area contributed by atoms with E-state index in [1.807, 2.05) is 36.4 Å². The molecule has 0 saturated carbocycles. The number of halogens is 1. The summed E-state index contributed by atoms with van der Waals surface area (Å²) in [4.78, 5) is 33.6. The number of alkyl halides is 1. The number of hydrogen-bond donors (Lipinski definition) is 1. The summed E-state index contributed by atoms with van der Waals surface area (Å²) in [7, 11) is 0. The first-order valence-electron chi connectivity index (χ1n) is 8.50. The number of pyridine rings is 1. The van der Waals surface area contributed by atoms with Crippen molar-refractivity contribution in [3.05, 3.63) is 64.4 Å². The number of carboxylic acids is 1. The van der Waals surface area contributed by atoms with Gasteiger partial charge in [-0.1, -0.05) is 36.4 Å². The number of aryl methyl sites for hydroxylation is 1. The minimum atomic E-state index is -1.09. The molecule has 0 bridgehead atoms. The molecule has 2 aromatic heterocycles. The Bertz CT molecular complexity index is 1210. The third-order valence-corrected chi connectivity index (χ3v) is 4.93. The third-order valence-electron chi connectivity index (χ3n) is 4.60. The van der Waals surface area contributed by atoms with E-state index in [0.717, 1.165) is 5.57 Å². The van der Waals surface area contributed by atoms with Crippen LogP contribution in [0.2, 0.25) is 0 Å². The van der Waals surface area contributed by atoms with Crippen LogP contribution in [-0.2, 0) is 11.3 Å². The average Bonchev–Trinajstić information content (AvgIpc) is 2.64. The molecule has 7 heteroatoms. The Morgan fingerprint density at radius 1 is 1.33 bits per heavy atom. The van der Waals surface area contributed by atoms with Gasteiger partial charge >= 0.3 is 5.97 Å². The standard InChI is InChI=1S/C20H16ClN3O3/c1-11-22-19-17(20(27)24(11)10-16(25)26)14-4-2-3-5-15(14)23-18(19)12-6-8-13(21)9-7-12/h2-8,13H,9-10H2,1H3,(H,25,26). The van der Waals surface area contributed by atoms with Gasteiger partial charge in [-0.3, -0.25) is 14.2 Å². The van der Waals surface area contributed by atoms with Gasteiger partial charge in [-0.25, -0.2) is 9.97 Å². The SMILES string of the molecule is Cc1nc2c(C3=CCC(Cl)C=C3)nc3ccccc3c2c(=O)n1CC(=O)O. The normalized spacial score (nSPS) is 16.7. The van der Waals surface area contributed by atoms with Crippen molar-refractivity contribution in [2.45, 2.75) is 25.3 Å². The van der Waals surface area contributed by atoms with Crippen LogP contribution in [0.1, 0.15) is 17.9 Å². The molecular formula is C20H16ClN3O3. The number of aromatic nitrogens is 3. The van der Waals surface area contributed by atoms with Gasteiger partial charge in [0.1, 0.15) is 17.9 Å². The van der Waals surface area contributed by atoms with Gasteiger partial charge in [-0.15, -0.1) is 11.6 Å². The van der Waals surface area contributed by atoms with E-state index in [2.05, 4.69) is 4.98 Å². The summed E-state index contributed by atoms with van der Waals surface area (Å²) in [6.45, 7) is 1.19. The summed E-state index contributed by atoms with van der Waals surface area (Å²) in [6.07, 6.45) is 6.42. The molecule has 1 unspecified atom stereocenters. The van der Waals surface area contributed by atoms with E-state index in [1.54, 1.807) is 13.0 Å². The first kappa shape index (κ1) is 17.4. The van der Waals surface area contributed by atoms with Crippen molar-refractivity contribution < 1.29 is 9.90 Å². The summed E-state index contributed by atoms with van der Waals surface area (Å²) in [5.74, 6) is -0.755.